The smallest absolute Gasteiger partial charge is 0.251 e. The molecular weight excluding hydrogens is 250 g/mol. The molecule has 0 fully saturated rings. The zero-order valence-corrected chi connectivity index (χ0v) is 11.5. The van der Waals surface area contributed by atoms with Gasteiger partial charge in [0.25, 0.3) is 5.91 Å². The second kappa shape index (κ2) is 6.87. The maximum Gasteiger partial charge on any atom is 0.251 e. The van der Waals surface area contributed by atoms with Gasteiger partial charge >= 0.3 is 0 Å². The molecule has 0 aliphatic heterocycles. The average Bonchev–Trinajstić information content (AvgIpc) is 2.48. The Morgan fingerprint density at radius 2 is 1.75 bits per heavy atom. The molecule has 104 valence electrons. The molecule has 0 unspecified atom stereocenters. The van der Waals surface area contributed by atoms with Gasteiger partial charge < -0.3 is 10.4 Å². The van der Waals surface area contributed by atoms with Crippen molar-refractivity contribution in [1.82, 2.24) is 5.32 Å². The minimum atomic E-state index is -0.173. The van der Waals surface area contributed by atoms with E-state index in [4.69, 9.17) is 0 Å². The van der Waals surface area contributed by atoms with E-state index in [-0.39, 0.29) is 18.6 Å². The molecule has 20 heavy (non-hydrogen) atoms. The molecule has 0 spiro atoms. The maximum atomic E-state index is 12.2. The minimum absolute atomic E-state index is 0.0353. The third-order valence-electron chi connectivity index (χ3n) is 3.24. The maximum absolute atomic E-state index is 12.2. The van der Waals surface area contributed by atoms with Crippen molar-refractivity contribution < 1.29 is 9.90 Å². The lowest BCUT2D eigenvalue weighted by molar-refractivity contribution is 0.0930. The monoisotopic (exact) mass is 269 g/mol. The van der Waals surface area contributed by atoms with Crippen molar-refractivity contribution in [2.45, 2.75) is 19.4 Å². The van der Waals surface area contributed by atoms with E-state index in [1.165, 1.54) is 5.56 Å². The molecule has 2 aromatic carbocycles. The molecular formula is C17H19NO2. The van der Waals surface area contributed by atoms with Crippen LogP contribution in [-0.2, 0) is 0 Å². The standard InChI is InChI=1S/C17H19NO2/c1-13-7-9-14(10-8-13)16(11-12-19)18-17(20)15-5-3-2-4-6-15/h2-10,16,19H,11-12H2,1H3,(H,18,20)/t16-/m0/s1. The van der Waals surface area contributed by atoms with E-state index >= 15 is 0 Å². The summed E-state index contributed by atoms with van der Waals surface area (Å²) in [6.45, 7) is 2.06. The van der Waals surface area contributed by atoms with E-state index in [1.807, 2.05) is 49.4 Å². The van der Waals surface area contributed by atoms with Crippen LogP contribution in [0.3, 0.4) is 0 Å². The summed E-state index contributed by atoms with van der Waals surface area (Å²) in [5.41, 5.74) is 2.81. The van der Waals surface area contributed by atoms with Gasteiger partial charge in [-0.15, -0.1) is 0 Å². The Morgan fingerprint density at radius 3 is 2.35 bits per heavy atom. The number of nitrogens with one attached hydrogen (secondary N) is 1. The van der Waals surface area contributed by atoms with Crippen molar-refractivity contribution in [3.63, 3.8) is 0 Å². The van der Waals surface area contributed by atoms with E-state index in [9.17, 15) is 9.90 Å². The highest BCUT2D eigenvalue weighted by Gasteiger charge is 2.15. The second-order valence-corrected chi connectivity index (χ2v) is 4.82. The van der Waals surface area contributed by atoms with Crippen LogP contribution in [0.25, 0.3) is 0 Å². The van der Waals surface area contributed by atoms with E-state index in [2.05, 4.69) is 5.32 Å². The third kappa shape index (κ3) is 3.68. The van der Waals surface area contributed by atoms with Gasteiger partial charge in [-0.1, -0.05) is 48.0 Å². The molecule has 3 nitrogen and oxygen atoms in total. The summed E-state index contributed by atoms with van der Waals surface area (Å²) in [6.07, 6.45) is 0.502. The molecule has 2 rings (SSSR count). The lowest BCUT2D eigenvalue weighted by Crippen LogP contribution is -2.29. The van der Waals surface area contributed by atoms with Gasteiger partial charge in [0.15, 0.2) is 0 Å². The fraction of sp³-hybridized carbons (Fsp3) is 0.235. The predicted molar refractivity (Wildman–Crippen MR) is 79.5 cm³/mol. The van der Waals surface area contributed by atoms with Gasteiger partial charge in [0.2, 0.25) is 0 Å². The highest BCUT2D eigenvalue weighted by molar-refractivity contribution is 5.94. The molecule has 0 saturated heterocycles. The third-order valence-corrected chi connectivity index (χ3v) is 3.24. The zero-order chi connectivity index (χ0) is 14.4. The number of aliphatic hydroxyl groups excluding tert-OH is 1. The van der Waals surface area contributed by atoms with Gasteiger partial charge in [0.1, 0.15) is 0 Å². The number of aryl methyl sites for hydroxylation is 1. The van der Waals surface area contributed by atoms with Gasteiger partial charge in [-0.3, -0.25) is 4.79 Å². The number of rotatable bonds is 5. The molecule has 0 saturated carbocycles. The summed E-state index contributed by atoms with van der Waals surface area (Å²) in [5.74, 6) is -0.121. The van der Waals surface area contributed by atoms with Crippen molar-refractivity contribution in [1.29, 1.82) is 0 Å². The van der Waals surface area contributed by atoms with Crippen LogP contribution in [0.1, 0.15) is 33.9 Å². The van der Waals surface area contributed by atoms with Crippen LogP contribution in [0, 0.1) is 6.92 Å². The molecule has 1 atom stereocenters. The highest BCUT2D eigenvalue weighted by Crippen LogP contribution is 2.18. The molecule has 0 radical (unpaired) electrons. The number of aliphatic hydroxyl groups is 1. The first-order chi connectivity index (χ1) is 9.70. The molecule has 0 bridgehead atoms. The van der Waals surface area contributed by atoms with Crippen LogP contribution < -0.4 is 5.32 Å². The fourth-order valence-electron chi connectivity index (χ4n) is 2.08. The Labute approximate surface area is 119 Å². The number of carbonyl (C=O) groups excluding carboxylic acids is 1. The molecule has 0 heterocycles. The Balaban J connectivity index is 2.13. The van der Waals surface area contributed by atoms with Crippen LogP contribution in [-0.4, -0.2) is 17.6 Å². The summed E-state index contributed by atoms with van der Waals surface area (Å²) in [6, 6.07) is 16.9. The molecule has 3 heteroatoms. The van der Waals surface area contributed by atoms with E-state index in [1.54, 1.807) is 12.1 Å². The first kappa shape index (κ1) is 14.3. The molecule has 1 amide bonds. The Hall–Kier alpha value is -2.13. The van der Waals surface area contributed by atoms with Crippen molar-refractivity contribution in [3.05, 3.63) is 71.3 Å². The van der Waals surface area contributed by atoms with Gasteiger partial charge in [0, 0.05) is 12.2 Å². The number of benzene rings is 2. The van der Waals surface area contributed by atoms with E-state index in [0.29, 0.717) is 12.0 Å². The summed E-state index contributed by atoms with van der Waals surface area (Å²) in [4.78, 5) is 12.2. The summed E-state index contributed by atoms with van der Waals surface area (Å²) in [5, 5.41) is 12.2. The van der Waals surface area contributed by atoms with Crippen LogP contribution in [0.2, 0.25) is 0 Å². The second-order valence-electron chi connectivity index (χ2n) is 4.82. The number of carbonyl (C=O) groups is 1. The zero-order valence-electron chi connectivity index (χ0n) is 11.5. The van der Waals surface area contributed by atoms with Crippen molar-refractivity contribution >= 4 is 5.91 Å². The Kier molecular flexibility index (Phi) is 4.91. The summed E-state index contributed by atoms with van der Waals surface area (Å²) < 4.78 is 0. The van der Waals surface area contributed by atoms with Crippen LogP contribution in [0.5, 0.6) is 0 Å². The quantitative estimate of drug-likeness (QED) is 0.877. The van der Waals surface area contributed by atoms with Gasteiger partial charge in [-0.25, -0.2) is 0 Å². The fourth-order valence-corrected chi connectivity index (χ4v) is 2.08. The normalized spacial score (nSPS) is 11.9. The van der Waals surface area contributed by atoms with Gasteiger partial charge in [-0.05, 0) is 31.0 Å². The van der Waals surface area contributed by atoms with Crippen LogP contribution >= 0.6 is 0 Å². The van der Waals surface area contributed by atoms with Crippen molar-refractivity contribution in [3.8, 4) is 0 Å². The molecule has 2 N–H and O–H groups in total. The van der Waals surface area contributed by atoms with Crippen LogP contribution in [0.15, 0.2) is 54.6 Å². The SMILES string of the molecule is Cc1ccc([C@H](CCO)NC(=O)c2ccccc2)cc1. The van der Waals surface area contributed by atoms with Gasteiger partial charge in [-0.2, -0.15) is 0 Å². The minimum Gasteiger partial charge on any atom is -0.396 e. The summed E-state index contributed by atoms with van der Waals surface area (Å²) in [7, 11) is 0. The molecule has 0 aromatic heterocycles. The van der Waals surface area contributed by atoms with Crippen molar-refractivity contribution in [2.75, 3.05) is 6.61 Å². The molecule has 2 aromatic rings. The first-order valence-electron chi connectivity index (χ1n) is 6.74. The number of amides is 1. The number of hydrogen-bond donors (Lipinski definition) is 2. The highest BCUT2D eigenvalue weighted by atomic mass is 16.3. The summed E-state index contributed by atoms with van der Waals surface area (Å²) >= 11 is 0. The number of hydrogen-bond acceptors (Lipinski definition) is 2. The Bertz CT molecular complexity index is 549. The molecule has 0 aliphatic rings. The van der Waals surface area contributed by atoms with Crippen LogP contribution in [0.4, 0.5) is 0 Å². The Morgan fingerprint density at radius 1 is 1.10 bits per heavy atom. The first-order valence-corrected chi connectivity index (χ1v) is 6.74. The average molecular weight is 269 g/mol. The van der Waals surface area contributed by atoms with Gasteiger partial charge in [0.05, 0.1) is 6.04 Å². The molecule has 0 aliphatic carbocycles. The lowest BCUT2D eigenvalue weighted by atomic mass is 10.0. The topological polar surface area (TPSA) is 49.3 Å². The lowest BCUT2D eigenvalue weighted by Gasteiger charge is -2.18. The van der Waals surface area contributed by atoms with E-state index < -0.39 is 0 Å². The van der Waals surface area contributed by atoms with E-state index in [0.717, 1.165) is 5.56 Å². The van der Waals surface area contributed by atoms with Crippen molar-refractivity contribution in [2.24, 2.45) is 0 Å². The predicted octanol–water partition coefficient (Wildman–Crippen LogP) is 2.85. The largest absolute Gasteiger partial charge is 0.396 e.